The summed E-state index contributed by atoms with van der Waals surface area (Å²) in [6, 6.07) is 1.96. The van der Waals surface area contributed by atoms with Crippen LogP contribution in [-0.2, 0) is 22.6 Å². The van der Waals surface area contributed by atoms with Gasteiger partial charge in [-0.1, -0.05) is 5.21 Å². The van der Waals surface area contributed by atoms with Crippen LogP contribution in [0.5, 0.6) is 0 Å². The molecule has 14 nitrogen and oxygen atoms in total. The van der Waals surface area contributed by atoms with Gasteiger partial charge in [-0.25, -0.2) is 4.68 Å². The lowest BCUT2D eigenvalue weighted by Gasteiger charge is -2.62. The van der Waals surface area contributed by atoms with Crippen molar-refractivity contribution in [2.75, 3.05) is 32.8 Å². The fraction of sp³-hybridized carbons (Fsp3) is 0.857. The van der Waals surface area contributed by atoms with E-state index in [1.807, 2.05) is 0 Å². The van der Waals surface area contributed by atoms with Crippen LogP contribution in [0.3, 0.4) is 0 Å². The zero-order chi connectivity index (χ0) is 29.9. The van der Waals surface area contributed by atoms with Gasteiger partial charge in [0, 0.05) is 31.4 Å². The summed E-state index contributed by atoms with van der Waals surface area (Å²) in [4.78, 5) is 14.6. The third-order valence-electron chi connectivity index (χ3n) is 9.64. The number of nitriles is 1. The Hall–Kier alpha value is -2.22. The Morgan fingerprint density at radius 2 is 1.90 bits per heavy atom. The summed E-state index contributed by atoms with van der Waals surface area (Å²) in [5.74, 6) is 1.18. The number of hydrogen-bond acceptors (Lipinski definition) is 12. The van der Waals surface area contributed by atoms with E-state index in [-0.39, 0.29) is 42.7 Å². The number of amides is 1. The van der Waals surface area contributed by atoms with Crippen LogP contribution < -0.4 is 10.6 Å². The van der Waals surface area contributed by atoms with Crippen molar-refractivity contribution >= 4 is 5.91 Å². The van der Waals surface area contributed by atoms with Crippen LogP contribution in [0, 0.1) is 23.2 Å². The van der Waals surface area contributed by atoms with Gasteiger partial charge >= 0.3 is 0 Å². The standard InChI is InChI=1S/C28H45N7O7/c29-11-21-2-1-3-35(21)24(39)14-31-27-7-18-6-19(8-27)10-28(9-18,17-27)42-5-4-34-15-20(32-33-34)12-30-13-22(37)25(40)26(41)23(38)16-36/h15,18-19,21-23,25-26,30-31,36-38,40-41H,1-10,12-14,16-17H2/t18-,19?,21-,22-,23+,25+,26+,27?,28?/m0/s1. The Morgan fingerprint density at radius 3 is 2.62 bits per heavy atom. The van der Waals surface area contributed by atoms with Crippen molar-refractivity contribution in [3.8, 4) is 6.07 Å². The average molecular weight is 592 g/mol. The molecule has 4 bridgehead atoms. The van der Waals surface area contributed by atoms with Crippen LogP contribution >= 0.6 is 0 Å². The van der Waals surface area contributed by atoms with Gasteiger partial charge in [0.25, 0.3) is 0 Å². The van der Waals surface area contributed by atoms with E-state index in [0.29, 0.717) is 37.2 Å². The Morgan fingerprint density at radius 1 is 1.17 bits per heavy atom. The lowest BCUT2D eigenvalue weighted by molar-refractivity contribution is -0.177. The molecule has 4 saturated carbocycles. The second-order valence-electron chi connectivity index (χ2n) is 12.9. The molecule has 5 fully saturated rings. The van der Waals surface area contributed by atoms with Crippen molar-refractivity contribution in [2.45, 2.75) is 106 Å². The zero-order valence-corrected chi connectivity index (χ0v) is 24.0. The van der Waals surface area contributed by atoms with Crippen molar-refractivity contribution in [1.29, 1.82) is 5.26 Å². The number of hydrogen-bond donors (Lipinski definition) is 7. The van der Waals surface area contributed by atoms with Crippen molar-refractivity contribution in [2.24, 2.45) is 11.8 Å². The molecule has 1 aromatic heterocycles. The van der Waals surface area contributed by atoms with Crippen molar-refractivity contribution in [3.63, 3.8) is 0 Å². The normalized spacial score (nSPS) is 33.0. The quantitative estimate of drug-likeness (QED) is 0.118. The van der Waals surface area contributed by atoms with Crippen molar-refractivity contribution < 1.29 is 35.1 Å². The topological polar surface area (TPSA) is 209 Å². The first-order valence-electron chi connectivity index (χ1n) is 15.2. The van der Waals surface area contributed by atoms with Crippen LogP contribution in [-0.4, -0.2) is 126 Å². The first-order chi connectivity index (χ1) is 20.1. The first-order valence-corrected chi connectivity index (χ1v) is 15.2. The zero-order valence-electron chi connectivity index (χ0n) is 24.0. The van der Waals surface area contributed by atoms with Gasteiger partial charge in [0.15, 0.2) is 0 Å². The molecule has 0 radical (unpaired) electrons. The molecule has 1 saturated heterocycles. The molecule has 1 aliphatic heterocycles. The van der Waals surface area contributed by atoms with Crippen molar-refractivity contribution in [1.82, 2.24) is 30.5 Å². The van der Waals surface area contributed by atoms with Gasteiger partial charge < -0.3 is 45.8 Å². The number of carbonyl (C=O) groups is 1. The number of aromatic nitrogens is 3. The number of likely N-dealkylation sites (tertiary alicyclic amines) is 1. The summed E-state index contributed by atoms with van der Waals surface area (Å²) in [7, 11) is 0. The van der Waals surface area contributed by atoms with Gasteiger partial charge in [-0.05, 0) is 63.2 Å². The molecule has 3 unspecified atom stereocenters. The lowest BCUT2D eigenvalue weighted by atomic mass is 9.51. The van der Waals surface area contributed by atoms with Crippen LogP contribution in [0.25, 0.3) is 0 Å². The molecule has 1 aromatic rings. The predicted octanol–water partition coefficient (Wildman–Crippen LogP) is -1.98. The van der Waals surface area contributed by atoms with E-state index in [1.54, 1.807) is 15.8 Å². The SMILES string of the molecule is N#C[C@@H]1CCCN1C(=O)CNC12CC3C[C@@H](C1)CC(OCCn1cc(CNC[C@H](O)[C@@H](O)[C@H](O)[C@H](O)CO)nn1)(C3)C2. The molecule has 4 aliphatic carbocycles. The molecule has 9 atom stereocenters. The molecule has 42 heavy (non-hydrogen) atoms. The molecule has 0 aromatic carbocycles. The summed E-state index contributed by atoms with van der Waals surface area (Å²) in [6.07, 6.45) is 3.55. The third-order valence-corrected chi connectivity index (χ3v) is 9.64. The highest BCUT2D eigenvalue weighted by Gasteiger charge is 2.58. The van der Waals surface area contributed by atoms with Gasteiger partial charge in [0.1, 0.15) is 24.4 Å². The number of aliphatic hydroxyl groups is 5. The van der Waals surface area contributed by atoms with E-state index in [1.165, 1.54) is 6.42 Å². The van der Waals surface area contributed by atoms with Crippen LogP contribution in [0.15, 0.2) is 6.20 Å². The fourth-order valence-electron chi connectivity index (χ4n) is 8.03. The van der Waals surface area contributed by atoms with Crippen LogP contribution in [0.2, 0.25) is 0 Å². The van der Waals surface area contributed by atoms with E-state index in [4.69, 9.17) is 9.84 Å². The summed E-state index contributed by atoms with van der Waals surface area (Å²) >= 11 is 0. The number of rotatable bonds is 15. The number of carbonyl (C=O) groups excluding carboxylic acids is 1. The Labute approximate surface area is 245 Å². The van der Waals surface area contributed by atoms with E-state index in [9.17, 15) is 30.5 Å². The maximum atomic E-state index is 12.9. The highest BCUT2D eigenvalue weighted by molar-refractivity contribution is 5.79. The van der Waals surface area contributed by atoms with Gasteiger partial charge in [-0.2, -0.15) is 5.26 Å². The van der Waals surface area contributed by atoms with E-state index >= 15 is 0 Å². The predicted molar refractivity (Wildman–Crippen MR) is 147 cm³/mol. The van der Waals surface area contributed by atoms with Crippen LogP contribution in [0.4, 0.5) is 0 Å². The summed E-state index contributed by atoms with van der Waals surface area (Å²) in [6.45, 7) is 1.43. The molecule has 5 aliphatic rings. The summed E-state index contributed by atoms with van der Waals surface area (Å²) in [5.41, 5.74) is 0.323. The highest BCUT2D eigenvalue weighted by Crippen LogP contribution is 2.58. The van der Waals surface area contributed by atoms with Crippen molar-refractivity contribution in [3.05, 3.63) is 11.9 Å². The molecule has 2 heterocycles. The Bertz CT molecular complexity index is 1100. The molecule has 14 heteroatoms. The van der Waals surface area contributed by atoms with Gasteiger partial charge in [-0.3, -0.25) is 4.79 Å². The van der Waals surface area contributed by atoms with E-state index in [0.717, 1.165) is 44.9 Å². The van der Waals surface area contributed by atoms with E-state index in [2.05, 4.69) is 27.0 Å². The minimum atomic E-state index is -1.66. The number of nitrogens with zero attached hydrogens (tertiary/aromatic N) is 5. The monoisotopic (exact) mass is 591 g/mol. The average Bonchev–Trinajstić information content (AvgIpc) is 3.63. The second kappa shape index (κ2) is 13.2. The minimum Gasteiger partial charge on any atom is -0.394 e. The molecule has 234 valence electrons. The maximum absolute atomic E-state index is 12.9. The Balaban J connectivity index is 1.07. The number of aliphatic hydroxyl groups excluding tert-OH is 5. The first kappa shape index (κ1) is 31.2. The molecular formula is C28H45N7O7. The number of nitrogens with one attached hydrogen (secondary N) is 2. The minimum absolute atomic E-state index is 0.0185. The number of ether oxygens (including phenoxy) is 1. The Kier molecular flexibility index (Phi) is 9.80. The molecular weight excluding hydrogens is 546 g/mol. The van der Waals surface area contributed by atoms with Gasteiger partial charge in [0.05, 0.1) is 49.8 Å². The summed E-state index contributed by atoms with van der Waals surface area (Å²) in [5, 5.41) is 72.3. The molecule has 0 spiro atoms. The molecule has 6 rings (SSSR count). The smallest absolute Gasteiger partial charge is 0.237 e. The molecule has 1 amide bonds. The third kappa shape index (κ3) is 6.95. The van der Waals surface area contributed by atoms with Gasteiger partial charge in [-0.15, -0.1) is 5.10 Å². The lowest BCUT2D eigenvalue weighted by Crippen LogP contribution is -2.66. The second-order valence-corrected chi connectivity index (χ2v) is 12.9. The van der Waals surface area contributed by atoms with Crippen LogP contribution in [0.1, 0.15) is 57.1 Å². The fourth-order valence-corrected chi connectivity index (χ4v) is 8.03. The maximum Gasteiger partial charge on any atom is 0.237 e. The molecule has 7 N–H and O–H groups in total. The van der Waals surface area contributed by atoms with Gasteiger partial charge in [0.2, 0.25) is 5.91 Å². The summed E-state index contributed by atoms with van der Waals surface area (Å²) < 4.78 is 8.31. The highest BCUT2D eigenvalue weighted by atomic mass is 16.5. The largest absolute Gasteiger partial charge is 0.394 e. The van der Waals surface area contributed by atoms with E-state index < -0.39 is 31.0 Å².